The van der Waals surface area contributed by atoms with Crippen LogP contribution in [0.1, 0.15) is 52.5 Å². The summed E-state index contributed by atoms with van der Waals surface area (Å²) in [6.45, 7) is 3.92. The van der Waals surface area contributed by atoms with E-state index in [1.165, 1.54) is 12.1 Å². The van der Waals surface area contributed by atoms with Crippen LogP contribution in [0.3, 0.4) is 0 Å². The first kappa shape index (κ1) is 24.0. The van der Waals surface area contributed by atoms with Crippen molar-refractivity contribution >= 4 is 60.6 Å². The van der Waals surface area contributed by atoms with E-state index in [1.807, 2.05) is 13.8 Å². The first-order valence-electron chi connectivity index (χ1n) is 9.81. The number of halogens is 3. The summed E-state index contributed by atoms with van der Waals surface area (Å²) in [6.07, 6.45) is 2.54. The zero-order chi connectivity index (χ0) is 22.8. The minimum absolute atomic E-state index is 0.0419. The molecule has 1 N–H and O–H groups in total. The Balaban J connectivity index is 1.90. The van der Waals surface area contributed by atoms with Gasteiger partial charge in [0.05, 0.1) is 10.8 Å². The van der Waals surface area contributed by atoms with Crippen molar-refractivity contribution in [2.45, 2.75) is 39.5 Å². The minimum Gasteiger partial charge on any atom is -0.268 e. The largest absolute Gasteiger partial charge is 0.268 e. The maximum atomic E-state index is 13.9. The molecule has 166 valence electrons. The SMILES string of the molecule is CCCCCS(=O)(=O)NC(=O)c1ccc2sc(C)c(Cc3cc(F)c(Cl)cc3Cl)c2c1. The Kier molecular flexibility index (Phi) is 7.63. The minimum atomic E-state index is -3.69. The lowest BCUT2D eigenvalue weighted by Gasteiger charge is -2.09. The van der Waals surface area contributed by atoms with Crippen LogP contribution < -0.4 is 4.72 Å². The van der Waals surface area contributed by atoms with Crippen molar-refractivity contribution in [2.75, 3.05) is 5.75 Å². The number of aryl methyl sites for hydroxylation is 1. The summed E-state index contributed by atoms with van der Waals surface area (Å²) in [4.78, 5) is 13.6. The van der Waals surface area contributed by atoms with Crippen LogP contribution in [0.4, 0.5) is 4.39 Å². The van der Waals surface area contributed by atoms with Crippen LogP contribution in [-0.2, 0) is 16.4 Å². The maximum absolute atomic E-state index is 13.9. The third-order valence-electron chi connectivity index (χ3n) is 4.98. The Hall–Kier alpha value is -1.67. The number of benzene rings is 2. The molecule has 0 radical (unpaired) electrons. The summed E-state index contributed by atoms with van der Waals surface area (Å²) >= 11 is 13.6. The van der Waals surface area contributed by atoms with E-state index < -0.39 is 21.7 Å². The second-order valence-corrected chi connectivity index (χ2v) is 11.3. The van der Waals surface area contributed by atoms with E-state index in [0.29, 0.717) is 23.4 Å². The third kappa shape index (κ3) is 5.77. The Morgan fingerprint density at radius 2 is 1.87 bits per heavy atom. The Morgan fingerprint density at radius 1 is 1.13 bits per heavy atom. The fourth-order valence-corrected chi connectivity index (χ4v) is 5.91. The lowest BCUT2D eigenvalue weighted by atomic mass is 10.0. The van der Waals surface area contributed by atoms with Crippen LogP contribution in [0, 0.1) is 12.7 Å². The number of fused-ring (bicyclic) bond motifs is 1. The standard InChI is InChI=1S/C22H22Cl2FNO3S2/c1-3-4-5-8-31(28,29)26-22(27)14-6-7-21-17(9-14)16(13(2)30-21)10-15-11-20(25)19(24)12-18(15)23/h6-7,9,11-12H,3-5,8,10H2,1-2H3,(H,26,27). The maximum Gasteiger partial charge on any atom is 0.264 e. The number of unbranched alkanes of at least 4 members (excludes halogenated alkanes) is 2. The number of sulfonamides is 1. The number of nitrogens with one attached hydrogen (secondary N) is 1. The summed E-state index contributed by atoms with van der Waals surface area (Å²) in [5.74, 6) is -1.30. The molecule has 3 rings (SSSR count). The van der Waals surface area contributed by atoms with Gasteiger partial charge in [-0.25, -0.2) is 17.5 Å². The van der Waals surface area contributed by atoms with Crippen molar-refractivity contribution < 1.29 is 17.6 Å². The summed E-state index contributed by atoms with van der Waals surface area (Å²) < 4.78 is 41.4. The van der Waals surface area contributed by atoms with Gasteiger partial charge in [0.15, 0.2) is 0 Å². The average Bonchev–Trinajstić information content (AvgIpc) is 3.00. The van der Waals surface area contributed by atoms with Crippen LogP contribution in [0.15, 0.2) is 30.3 Å². The quantitative estimate of drug-likeness (QED) is 0.283. The van der Waals surface area contributed by atoms with Gasteiger partial charge in [0, 0.05) is 26.6 Å². The predicted molar refractivity (Wildman–Crippen MR) is 127 cm³/mol. The zero-order valence-electron chi connectivity index (χ0n) is 17.1. The van der Waals surface area contributed by atoms with Gasteiger partial charge < -0.3 is 0 Å². The van der Waals surface area contributed by atoms with Crippen LogP contribution >= 0.6 is 34.5 Å². The smallest absolute Gasteiger partial charge is 0.264 e. The monoisotopic (exact) mass is 501 g/mol. The summed E-state index contributed by atoms with van der Waals surface area (Å²) in [5, 5.41) is 1.13. The molecule has 31 heavy (non-hydrogen) atoms. The lowest BCUT2D eigenvalue weighted by molar-refractivity contribution is 0.0981. The van der Waals surface area contributed by atoms with E-state index in [0.717, 1.165) is 33.4 Å². The average molecular weight is 502 g/mol. The fraction of sp³-hybridized carbons (Fsp3) is 0.318. The molecule has 0 fully saturated rings. The molecule has 0 spiro atoms. The van der Waals surface area contributed by atoms with E-state index in [9.17, 15) is 17.6 Å². The van der Waals surface area contributed by atoms with Gasteiger partial charge in [0.25, 0.3) is 5.91 Å². The number of amides is 1. The highest BCUT2D eigenvalue weighted by atomic mass is 35.5. The summed E-state index contributed by atoms with van der Waals surface area (Å²) in [7, 11) is -3.69. The fourth-order valence-electron chi connectivity index (χ4n) is 3.31. The Labute approximate surface area is 195 Å². The number of carbonyl (C=O) groups excluding carboxylic acids is 1. The summed E-state index contributed by atoms with van der Waals surface area (Å²) in [6, 6.07) is 7.76. The van der Waals surface area contributed by atoms with Crippen molar-refractivity contribution in [3.8, 4) is 0 Å². The lowest BCUT2D eigenvalue weighted by Crippen LogP contribution is -2.32. The van der Waals surface area contributed by atoms with Crippen LogP contribution in [0.25, 0.3) is 10.1 Å². The molecule has 2 aromatic carbocycles. The molecule has 3 aromatic rings. The van der Waals surface area contributed by atoms with E-state index >= 15 is 0 Å². The number of carbonyl (C=O) groups is 1. The normalized spacial score (nSPS) is 11.8. The van der Waals surface area contributed by atoms with Gasteiger partial charge >= 0.3 is 0 Å². The van der Waals surface area contributed by atoms with Crippen molar-refractivity contribution in [2.24, 2.45) is 0 Å². The summed E-state index contributed by atoms with van der Waals surface area (Å²) in [5.41, 5.74) is 1.74. The molecule has 0 saturated heterocycles. The van der Waals surface area contributed by atoms with Crippen molar-refractivity contribution in [1.29, 1.82) is 0 Å². The van der Waals surface area contributed by atoms with Gasteiger partial charge in [-0.15, -0.1) is 11.3 Å². The highest BCUT2D eigenvalue weighted by Gasteiger charge is 2.19. The van der Waals surface area contributed by atoms with Crippen LogP contribution in [0.2, 0.25) is 10.0 Å². The molecule has 1 aromatic heterocycles. The second kappa shape index (κ2) is 9.86. The third-order valence-corrected chi connectivity index (χ3v) is 8.07. The van der Waals surface area contributed by atoms with Gasteiger partial charge in [0.1, 0.15) is 5.82 Å². The molecule has 1 amide bonds. The van der Waals surface area contributed by atoms with E-state index in [-0.39, 0.29) is 16.3 Å². The molecular formula is C22H22Cl2FNO3S2. The van der Waals surface area contributed by atoms with Gasteiger partial charge in [-0.2, -0.15) is 0 Å². The van der Waals surface area contributed by atoms with Crippen molar-refractivity contribution in [1.82, 2.24) is 4.72 Å². The molecule has 0 aliphatic heterocycles. The Morgan fingerprint density at radius 3 is 2.58 bits per heavy atom. The van der Waals surface area contributed by atoms with Crippen molar-refractivity contribution in [3.63, 3.8) is 0 Å². The molecule has 1 heterocycles. The molecule has 4 nitrogen and oxygen atoms in total. The molecular weight excluding hydrogens is 480 g/mol. The highest BCUT2D eigenvalue weighted by Crippen LogP contribution is 2.35. The van der Waals surface area contributed by atoms with Crippen LogP contribution in [-0.4, -0.2) is 20.1 Å². The van der Waals surface area contributed by atoms with E-state index in [4.69, 9.17) is 23.2 Å². The molecule has 0 saturated carbocycles. The van der Waals surface area contributed by atoms with E-state index in [1.54, 1.807) is 29.5 Å². The molecule has 0 unspecified atom stereocenters. The van der Waals surface area contributed by atoms with E-state index in [2.05, 4.69) is 4.72 Å². The zero-order valence-corrected chi connectivity index (χ0v) is 20.2. The molecule has 0 atom stereocenters. The van der Waals surface area contributed by atoms with Gasteiger partial charge in [-0.3, -0.25) is 4.79 Å². The van der Waals surface area contributed by atoms with Gasteiger partial charge in [-0.05, 0) is 60.2 Å². The number of rotatable bonds is 8. The van der Waals surface area contributed by atoms with Gasteiger partial charge in [0.2, 0.25) is 10.0 Å². The highest BCUT2D eigenvalue weighted by molar-refractivity contribution is 7.90. The molecule has 0 bridgehead atoms. The Bertz CT molecular complexity index is 1240. The molecule has 0 aliphatic carbocycles. The number of thiophene rings is 1. The first-order chi connectivity index (χ1) is 14.6. The van der Waals surface area contributed by atoms with Crippen LogP contribution in [0.5, 0.6) is 0 Å². The second-order valence-electron chi connectivity index (χ2n) is 7.34. The van der Waals surface area contributed by atoms with Crippen molar-refractivity contribution in [3.05, 3.63) is 67.8 Å². The predicted octanol–water partition coefficient (Wildman–Crippen LogP) is 6.50. The number of hydrogen-bond acceptors (Lipinski definition) is 4. The first-order valence-corrected chi connectivity index (χ1v) is 13.0. The van der Waals surface area contributed by atoms with Gasteiger partial charge in [-0.1, -0.05) is 43.0 Å². The number of hydrogen-bond donors (Lipinski definition) is 1. The molecule has 9 heteroatoms. The topological polar surface area (TPSA) is 63.2 Å². The molecule has 0 aliphatic rings.